The second kappa shape index (κ2) is 6.20. The molecule has 6 nitrogen and oxygen atoms in total. The smallest absolute Gasteiger partial charge is 0.321 e. The topological polar surface area (TPSA) is 91.0 Å². The van der Waals surface area contributed by atoms with Gasteiger partial charge in [0, 0.05) is 13.0 Å². The summed E-state index contributed by atoms with van der Waals surface area (Å²) in [7, 11) is 1.59. The molecule has 1 rings (SSSR count). The summed E-state index contributed by atoms with van der Waals surface area (Å²) in [4.78, 5) is 23.1. The van der Waals surface area contributed by atoms with Crippen LogP contribution in [-0.4, -0.2) is 46.7 Å². The zero-order valence-electron chi connectivity index (χ0n) is 10.4. The van der Waals surface area contributed by atoms with Gasteiger partial charge in [0.1, 0.15) is 17.6 Å². The molecule has 1 aromatic rings. The Morgan fingerprint density at radius 3 is 2.50 bits per heavy atom. The van der Waals surface area contributed by atoms with Gasteiger partial charge in [-0.05, 0) is 26.1 Å². The summed E-state index contributed by atoms with van der Waals surface area (Å²) in [5.41, 5.74) is 0. The molecule has 1 aromatic heterocycles. The Bertz CT molecular complexity index is 426. The molecule has 1 heterocycles. The van der Waals surface area contributed by atoms with E-state index in [1.807, 2.05) is 19.1 Å². The Balaban J connectivity index is 2.53. The van der Waals surface area contributed by atoms with E-state index in [1.165, 1.54) is 4.90 Å². The SMILES string of the molecule is Cc1ccc(CCN(C)C(CC(=O)O)C(=O)O)o1. The summed E-state index contributed by atoms with van der Waals surface area (Å²) in [6.07, 6.45) is 0.136. The molecule has 1 unspecified atom stereocenters. The number of carboxylic acid groups (broad SMARTS) is 2. The number of carboxylic acids is 2. The highest BCUT2D eigenvalue weighted by molar-refractivity contribution is 5.80. The molecule has 0 radical (unpaired) electrons. The Labute approximate surface area is 105 Å². The quantitative estimate of drug-likeness (QED) is 0.755. The van der Waals surface area contributed by atoms with Crippen molar-refractivity contribution < 1.29 is 24.2 Å². The lowest BCUT2D eigenvalue weighted by Crippen LogP contribution is -2.41. The first-order valence-electron chi connectivity index (χ1n) is 5.60. The predicted molar refractivity (Wildman–Crippen MR) is 63.5 cm³/mol. The first-order valence-corrected chi connectivity index (χ1v) is 5.60. The summed E-state index contributed by atoms with van der Waals surface area (Å²) < 4.78 is 5.36. The molecular formula is C12H17NO5. The van der Waals surface area contributed by atoms with Crippen molar-refractivity contribution in [2.24, 2.45) is 0 Å². The highest BCUT2D eigenvalue weighted by atomic mass is 16.4. The molecular weight excluding hydrogens is 238 g/mol. The van der Waals surface area contributed by atoms with Crippen molar-refractivity contribution in [1.29, 1.82) is 0 Å². The van der Waals surface area contributed by atoms with Gasteiger partial charge in [-0.1, -0.05) is 0 Å². The number of aryl methyl sites for hydroxylation is 1. The molecule has 6 heteroatoms. The van der Waals surface area contributed by atoms with Crippen molar-refractivity contribution >= 4 is 11.9 Å². The van der Waals surface area contributed by atoms with Crippen LogP contribution in [0.25, 0.3) is 0 Å². The van der Waals surface area contributed by atoms with Gasteiger partial charge in [0.15, 0.2) is 0 Å². The minimum atomic E-state index is -1.13. The summed E-state index contributed by atoms with van der Waals surface area (Å²) in [5, 5.41) is 17.6. The van der Waals surface area contributed by atoms with Crippen LogP contribution in [0, 0.1) is 6.92 Å². The van der Waals surface area contributed by atoms with Crippen molar-refractivity contribution in [3.63, 3.8) is 0 Å². The van der Waals surface area contributed by atoms with Crippen molar-refractivity contribution in [2.75, 3.05) is 13.6 Å². The second-order valence-electron chi connectivity index (χ2n) is 4.19. The Morgan fingerprint density at radius 2 is 2.06 bits per heavy atom. The van der Waals surface area contributed by atoms with Gasteiger partial charge in [0.25, 0.3) is 0 Å². The third-order valence-electron chi connectivity index (χ3n) is 2.69. The van der Waals surface area contributed by atoms with Crippen LogP contribution in [-0.2, 0) is 16.0 Å². The number of carbonyl (C=O) groups is 2. The molecule has 0 aliphatic rings. The minimum Gasteiger partial charge on any atom is -0.481 e. The zero-order valence-corrected chi connectivity index (χ0v) is 10.4. The maximum absolute atomic E-state index is 11.0. The van der Waals surface area contributed by atoms with E-state index in [0.29, 0.717) is 13.0 Å². The highest BCUT2D eigenvalue weighted by Crippen LogP contribution is 2.09. The maximum Gasteiger partial charge on any atom is 0.321 e. The molecule has 0 fully saturated rings. The van der Waals surface area contributed by atoms with Crippen LogP contribution in [0.1, 0.15) is 17.9 Å². The van der Waals surface area contributed by atoms with Crippen LogP contribution >= 0.6 is 0 Å². The fourth-order valence-electron chi connectivity index (χ4n) is 1.66. The number of aliphatic carboxylic acids is 2. The molecule has 0 saturated heterocycles. The van der Waals surface area contributed by atoms with Crippen LogP contribution in [0.2, 0.25) is 0 Å². The normalized spacial score (nSPS) is 12.6. The van der Waals surface area contributed by atoms with Crippen LogP contribution < -0.4 is 0 Å². The van der Waals surface area contributed by atoms with Gasteiger partial charge >= 0.3 is 11.9 Å². The van der Waals surface area contributed by atoms with E-state index in [-0.39, 0.29) is 0 Å². The molecule has 0 bridgehead atoms. The molecule has 0 saturated carbocycles. The Morgan fingerprint density at radius 1 is 1.39 bits per heavy atom. The maximum atomic E-state index is 11.0. The molecule has 18 heavy (non-hydrogen) atoms. The van der Waals surface area contributed by atoms with Crippen molar-refractivity contribution in [2.45, 2.75) is 25.8 Å². The monoisotopic (exact) mass is 255 g/mol. The van der Waals surface area contributed by atoms with E-state index < -0.39 is 24.4 Å². The van der Waals surface area contributed by atoms with Crippen LogP contribution in [0.3, 0.4) is 0 Å². The third-order valence-corrected chi connectivity index (χ3v) is 2.69. The second-order valence-corrected chi connectivity index (χ2v) is 4.19. The summed E-state index contributed by atoms with van der Waals surface area (Å²) >= 11 is 0. The van der Waals surface area contributed by atoms with Gasteiger partial charge in [-0.2, -0.15) is 0 Å². The predicted octanol–water partition coefficient (Wildman–Crippen LogP) is 0.990. The van der Waals surface area contributed by atoms with E-state index in [2.05, 4.69) is 0 Å². The number of hydrogen-bond donors (Lipinski definition) is 2. The third kappa shape index (κ3) is 4.21. The average Bonchev–Trinajstić information content (AvgIpc) is 2.68. The van der Waals surface area contributed by atoms with E-state index >= 15 is 0 Å². The standard InChI is InChI=1S/C12H17NO5/c1-8-3-4-9(18-8)5-6-13(2)10(12(16)17)7-11(14)15/h3-4,10H,5-7H2,1-2H3,(H,14,15)(H,16,17). The minimum absolute atomic E-state index is 0.414. The van der Waals surface area contributed by atoms with Gasteiger partial charge in [0.2, 0.25) is 0 Å². The number of nitrogens with zero attached hydrogens (tertiary/aromatic N) is 1. The first kappa shape index (κ1) is 14.2. The Kier molecular flexibility index (Phi) is 4.91. The van der Waals surface area contributed by atoms with E-state index in [4.69, 9.17) is 14.6 Å². The molecule has 0 aliphatic carbocycles. The molecule has 100 valence electrons. The fourth-order valence-corrected chi connectivity index (χ4v) is 1.66. The van der Waals surface area contributed by atoms with Gasteiger partial charge in [-0.3, -0.25) is 14.5 Å². The lowest BCUT2D eigenvalue weighted by Gasteiger charge is -2.22. The van der Waals surface area contributed by atoms with Gasteiger partial charge in [-0.15, -0.1) is 0 Å². The fraction of sp³-hybridized carbons (Fsp3) is 0.500. The lowest BCUT2D eigenvalue weighted by atomic mass is 10.1. The van der Waals surface area contributed by atoms with Gasteiger partial charge in [-0.25, -0.2) is 0 Å². The lowest BCUT2D eigenvalue weighted by molar-refractivity contribution is -0.149. The first-order chi connectivity index (χ1) is 8.40. The van der Waals surface area contributed by atoms with Crippen molar-refractivity contribution in [3.05, 3.63) is 23.7 Å². The van der Waals surface area contributed by atoms with Crippen molar-refractivity contribution in [1.82, 2.24) is 4.90 Å². The van der Waals surface area contributed by atoms with Gasteiger partial charge in [0.05, 0.1) is 6.42 Å². The van der Waals surface area contributed by atoms with Crippen LogP contribution in [0.4, 0.5) is 0 Å². The van der Waals surface area contributed by atoms with E-state index in [1.54, 1.807) is 7.05 Å². The zero-order chi connectivity index (χ0) is 13.7. The molecule has 1 atom stereocenters. The van der Waals surface area contributed by atoms with Crippen LogP contribution in [0.15, 0.2) is 16.5 Å². The number of furan rings is 1. The molecule has 2 N–H and O–H groups in total. The molecule has 0 spiro atoms. The Hall–Kier alpha value is -1.82. The van der Waals surface area contributed by atoms with E-state index in [0.717, 1.165) is 11.5 Å². The average molecular weight is 255 g/mol. The molecule has 0 aliphatic heterocycles. The number of hydrogen-bond acceptors (Lipinski definition) is 4. The van der Waals surface area contributed by atoms with Gasteiger partial charge < -0.3 is 14.6 Å². The van der Waals surface area contributed by atoms with Crippen molar-refractivity contribution in [3.8, 4) is 0 Å². The molecule has 0 amide bonds. The van der Waals surface area contributed by atoms with Crippen LogP contribution in [0.5, 0.6) is 0 Å². The summed E-state index contributed by atoms with van der Waals surface area (Å²) in [5.74, 6) is -0.689. The highest BCUT2D eigenvalue weighted by Gasteiger charge is 2.25. The largest absolute Gasteiger partial charge is 0.481 e. The summed E-state index contributed by atoms with van der Waals surface area (Å²) in [6, 6.07) is 2.65. The number of rotatable bonds is 7. The van der Waals surface area contributed by atoms with E-state index in [9.17, 15) is 9.59 Å². The number of likely N-dealkylation sites (N-methyl/N-ethyl adjacent to an activating group) is 1. The molecule has 0 aromatic carbocycles. The summed E-state index contributed by atoms with van der Waals surface area (Å²) in [6.45, 7) is 2.26.